The maximum atomic E-state index is 13.8. The first-order chi connectivity index (χ1) is 10.0. The van der Waals surface area contributed by atoms with Gasteiger partial charge in [0.05, 0.1) is 0 Å². The molecular formula is C16H11BF2O2. The standard InChI is InChI=1S/C16H11BF2O2/c18-14-5-6-15(16(19)9-14)11-2-1-10-3-4-13(17(20)21)8-12(10)7-11/h1-9,20-21H. The van der Waals surface area contributed by atoms with E-state index in [1.54, 1.807) is 36.4 Å². The molecule has 0 bridgehead atoms. The van der Waals surface area contributed by atoms with Crippen molar-refractivity contribution in [3.05, 3.63) is 66.2 Å². The van der Waals surface area contributed by atoms with Gasteiger partial charge in [-0.15, -0.1) is 0 Å². The summed E-state index contributed by atoms with van der Waals surface area (Å²) < 4.78 is 26.8. The number of hydrogen-bond acceptors (Lipinski definition) is 2. The van der Waals surface area contributed by atoms with Crippen molar-refractivity contribution in [2.45, 2.75) is 0 Å². The molecule has 0 amide bonds. The smallest absolute Gasteiger partial charge is 0.423 e. The zero-order valence-electron chi connectivity index (χ0n) is 10.9. The third-order valence-electron chi connectivity index (χ3n) is 3.40. The maximum Gasteiger partial charge on any atom is 0.488 e. The first-order valence-electron chi connectivity index (χ1n) is 6.40. The van der Waals surface area contributed by atoms with E-state index < -0.39 is 18.8 Å². The Hall–Kier alpha value is -2.24. The van der Waals surface area contributed by atoms with Crippen LogP contribution in [-0.2, 0) is 0 Å². The van der Waals surface area contributed by atoms with Gasteiger partial charge in [-0.05, 0) is 40.0 Å². The Morgan fingerprint density at radius 1 is 0.762 bits per heavy atom. The average Bonchev–Trinajstić information content (AvgIpc) is 2.46. The topological polar surface area (TPSA) is 40.5 Å². The molecule has 3 aromatic rings. The van der Waals surface area contributed by atoms with Crippen molar-refractivity contribution in [3.8, 4) is 11.1 Å². The number of halogens is 2. The van der Waals surface area contributed by atoms with Crippen molar-refractivity contribution >= 4 is 23.4 Å². The fourth-order valence-electron chi connectivity index (χ4n) is 2.32. The van der Waals surface area contributed by atoms with Gasteiger partial charge in [0.25, 0.3) is 0 Å². The Morgan fingerprint density at radius 2 is 1.52 bits per heavy atom. The molecule has 0 aliphatic rings. The maximum absolute atomic E-state index is 13.8. The molecule has 0 atom stereocenters. The molecule has 0 radical (unpaired) electrons. The molecule has 2 N–H and O–H groups in total. The van der Waals surface area contributed by atoms with Crippen molar-refractivity contribution in [2.24, 2.45) is 0 Å². The SMILES string of the molecule is OB(O)c1ccc2ccc(-c3ccc(F)cc3F)cc2c1. The minimum Gasteiger partial charge on any atom is -0.423 e. The Labute approximate surface area is 120 Å². The van der Waals surface area contributed by atoms with Gasteiger partial charge in [0.2, 0.25) is 0 Å². The molecule has 0 aliphatic heterocycles. The highest BCUT2D eigenvalue weighted by Crippen LogP contribution is 2.26. The summed E-state index contributed by atoms with van der Waals surface area (Å²) in [6.45, 7) is 0. The van der Waals surface area contributed by atoms with Crippen LogP contribution in [0.2, 0.25) is 0 Å². The average molecular weight is 284 g/mol. The molecule has 2 nitrogen and oxygen atoms in total. The van der Waals surface area contributed by atoms with E-state index in [2.05, 4.69) is 0 Å². The highest BCUT2D eigenvalue weighted by molar-refractivity contribution is 6.58. The van der Waals surface area contributed by atoms with Gasteiger partial charge in [-0.3, -0.25) is 0 Å². The van der Waals surface area contributed by atoms with Crippen LogP contribution in [0, 0.1) is 11.6 Å². The molecule has 0 heterocycles. The molecule has 0 saturated heterocycles. The van der Waals surface area contributed by atoms with Gasteiger partial charge in [-0.25, -0.2) is 8.78 Å². The number of hydrogen-bond donors (Lipinski definition) is 2. The van der Waals surface area contributed by atoms with Gasteiger partial charge in [-0.2, -0.15) is 0 Å². The summed E-state index contributed by atoms with van der Waals surface area (Å²) >= 11 is 0. The van der Waals surface area contributed by atoms with E-state index in [0.717, 1.165) is 16.8 Å². The van der Waals surface area contributed by atoms with E-state index in [9.17, 15) is 18.8 Å². The fraction of sp³-hybridized carbons (Fsp3) is 0. The van der Waals surface area contributed by atoms with Crippen LogP contribution in [0.4, 0.5) is 8.78 Å². The zero-order valence-corrected chi connectivity index (χ0v) is 10.9. The van der Waals surface area contributed by atoms with E-state index in [1.807, 2.05) is 0 Å². The molecule has 21 heavy (non-hydrogen) atoms. The summed E-state index contributed by atoms with van der Waals surface area (Å²) in [6.07, 6.45) is 0. The summed E-state index contributed by atoms with van der Waals surface area (Å²) in [5.41, 5.74) is 1.26. The van der Waals surface area contributed by atoms with E-state index >= 15 is 0 Å². The summed E-state index contributed by atoms with van der Waals surface area (Å²) in [4.78, 5) is 0. The van der Waals surface area contributed by atoms with E-state index in [-0.39, 0.29) is 0 Å². The summed E-state index contributed by atoms with van der Waals surface area (Å²) in [5.74, 6) is -1.25. The largest absolute Gasteiger partial charge is 0.488 e. The summed E-state index contributed by atoms with van der Waals surface area (Å²) in [7, 11) is -1.55. The molecule has 0 fully saturated rings. The van der Waals surface area contributed by atoms with Crippen molar-refractivity contribution in [3.63, 3.8) is 0 Å². The van der Waals surface area contributed by atoms with Crippen molar-refractivity contribution in [1.82, 2.24) is 0 Å². The van der Waals surface area contributed by atoms with Crippen LogP contribution in [0.1, 0.15) is 0 Å². The molecule has 0 spiro atoms. The van der Waals surface area contributed by atoms with Crippen molar-refractivity contribution < 1.29 is 18.8 Å². The van der Waals surface area contributed by atoms with Crippen molar-refractivity contribution in [1.29, 1.82) is 0 Å². The van der Waals surface area contributed by atoms with Crippen molar-refractivity contribution in [2.75, 3.05) is 0 Å². The monoisotopic (exact) mass is 284 g/mol. The second kappa shape index (κ2) is 5.28. The van der Waals surface area contributed by atoms with Crippen LogP contribution in [0.15, 0.2) is 54.6 Å². The van der Waals surface area contributed by atoms with Gasteiger partial charge in [0.1, 0.15) is 11.6 Å². The van der Waals surface area contributed by atoms with E-state index in [1.165, 1.54) is 12.1 Å². The highest BCUT2D eigenvalue weighted by atomic mass is 19.1. The van der Waals surface area contributed by atoms with Crippen LogP contribution in [0.5, 0.6) is 0 Å². The van der Waals surface area contributed by atoms with E-state index in [4.69, 9.17) is 0 Å². The Kier molecular flexibility index (Phi) is 3.45. The van der Waals surface area contributed by atoms with Crippen LogP contribution >= 0.6 is 0 Å². The van der Waals surface area contributed by atoms with E-state index in [0.29, 0.717) is 16.6 Å². The number of rotatable bonds is 2. The lowest BCUT2D eigenvalue weighted by atomic mass is 9.79. The van der Waals surface area contributed by atoms with Crippen LogP contribution in [0.3, 0.4) is 0 Å². The first kappa shape index (κ1) is 13.7. The molecule has 0 unspecified atom stereocenters. The molecule has 3 aromatic carbocycles. The van der Waals surface area contributed by atoms with Gasteiger partial charge in [0.15, 0.2) is 0 Å². The molecular weight excluding hydrogens is 273 g/mol. The molecule has 104 valence electrons. The molecule has 0 aliphatic carbocycles. The Morgan fingerprint density at radius 3 is 2.24 bits per heavy atom. The Balaban J connectivity index is 2.15. The second-order valence-corrected chi connectivity index (χ2v) is 4.82. The van der Waals surface area contributed by atoms with Crippen LogP contribution in [-0.4, -0.2) is 17.2 Å². The fourth-order valence-corrected chi connectivity index (χ4v) is 2.32. The molecule has 3 rings (SSSR count). The van der Waals surface area contributed by atoms with Gasteiger partial charge >= 0.3 is 7.12 Å². The first-order valence-corrected chi connectivity index (χ1v) is 6.40. The minimum absolute atomic E-state index is 0.299. The third kappa shape index (κ3) is 2.66. The van der Waals surface area contributed by atoms with Gasteiger partial charge in [0, 0.05) is 11.6 Å². The minimum atomic E-state index is -1.55. The third-order valence-corrected chi connectivity index (χ3v) is 3.40. The lowest BCUT2D eigenvalue weighted by molar-refractivity contribution is 0.426. The van der Waals surface area contributed by atoms with Crippen LogP contribution < -0.4 is 5.46 Å². The Bertz CT molecular complexity index is 818. The summed E-state index contributed by atoms with van der Waals surface area (Å²) in [5, 5.41) is 20.0. The molecule has 0 saturated carbocycles. The lowest BCUT2D eigenvalue weighted by Gasteiger charge is -2.07. The number of fused-ring (bicyclic) bond motifs is 1. The quantitative estimate of drug-likeness (QED) is 0.710. The zero-order chi connectivity index (χ0) is 15.0. The predicted octanol–water partition coefficient (Wildman–Crippen LogP) is 2.46. The van der Waals surface area contributed by atoms with Crippen LogP contribution in [0.25, 0.3) is 21.9 Å². The van der Waals surface area contributed by atoms with Gasteiger partial charge in [-0.1, -0.05) is 30.3 Å². The molecule has 5 heteroatoms. The second-order valence-electron chi connectivity index (χ2n) is 4.82. The summed E-state index contributed by atoms with van der Waals surface area (Å²) in [6, 6.07) is 13.7. The highest BCUT2D eigenvalue weighted by Gasteiger charge is 2.12. The van der Waals surface area contributed by atoms with Gasteiger partial charge < -0.3 is 10.0 Å². The normalized spacial score (nSPS) is 10.9. The number of benzene rings is 3. The molecule has 0 aromatic heterocycles. The lowest BCUT2D eigenvalue weighted by Crippen LogP contribution is -2.29. The predicted molar refractivity (Wildman–Crippen MR) is 79.1 cm³/mol.